The Bertz CT molecular complexity index is 200. The van der Waals surface area contributed by atoms with Crippen LogP contribution < -0.4 is 5.73 Å². The Morgan fingerprint density at radius 1 is 1.60 bits per heavy atom. The van der Waals surface area contributed by atoms with Crippen LogP contribution in [0.25, 0.3) is 0 Å². The second-order valence-electron chi connectivity index (χ2n) is 4.15. The third kappa shape index (κ3) is 4.36. The lowest BCUT2D eigenvalue weighted by Crippen LogP contribution is -2.51. The third-order valence-electron chi connectivity index (χ3n) is 2.47. The Kier molecular flexibility index (Phi) is 6.89. The number of carbonyl (C=O) groups excluding carboxylic acids is 1. The van der Waals surface area contributed by atoms with E-state index < -0.39 is 0 Å². The van der Waals surface area contributed by atoms with E-state index >= 15 is 0 Å². The van der Waals surface area contributed by atoms with Crippen LogP contribution in [0.15, 0.2) is 0 Å². The molecule has 1 amide bonds. The van der Waals surface area contributed by atoms with Crippen molar-refractivity contribution in [2.24, 2.45) is 11.7 Å². The number of halogens is 1. The van der Waals surface area contributed by atoms with Gasteiger partial charge in [0.05, 0.1) is 25.8 Å². The van der Waals surface area contributed by atoms with Gasteiger partial charge in [-0.1, -0.05) is 13.8 Å². The Morgan fingerprint density at radius 2 is 2.27 bits per heavy atom. The van der Waals surface area contributed by atoms with Crippen LogP contribution in [0.3, 0.4) is 0 Å². The zero-order chi connectivity index (χ0) is 10.6. The highest BCUT2D eigenvalue weighted by Crippen LogP contribution is 2.15. The van der Waals surface area contributed by atoms with E-state index in [0.29, 0.717) is 25.7 Å². The van der Waals surface area contributed by atoms with Gasteiger partial charge in [0.25, 0.3) is 0 Å². The van der Waals surface area contributed by atoms with Crippen molar-refractivity contribution in [3.05, 3.63) is 0 Å². The first-order valence-electron chi connectivity index (χ1n) is 5.22. The van der Waals surface area contributed by atoms with Gasteiger partial charge < -0.3 is 15.4 Å². The first kappa shape index (κ1) is 14.7. The summed E-state index contributed by atoms with van der Waals surface area (Å²) in [7, 11) is 0. The number of nitrogens with two attached hydrogens (primary N) is 1. The predicted molar refractivity (Wildman–Crippen MR) is 62.1 cm³/mol. The smallest absolute Gasteiger partial charge is 0.236 e. The maximum atomic E-state index is 11.5. The number of ether oxygens (including phenoxy) is 1. The molecule has 15 heavy (non-hydrogen) atoms. The van der Waals surface area contributed by atoms with Crippen LogP contribution in [0, 0.1) is 5.92 Å². The predicted octanol–water partition coefficient (Wildman–Crippen LogP) is 0.640. The molecule has 1 unspecified atom stereocenters. The molecule has 0 bridgehead atoms. The highest BCUT2D eigenvalue weighted by atomic mass is 35.5. The Hall–Kier alpha value is -0.320. The van der Waals surface area contributed by atoms with Gasteiger partial charge in [-0.25, -0.2) is 0 Å². The van der Waals surface area contributed by atoms with Crippen molar-refractivity contribution < 1.29 is 9.53 Å². The number of morpholine rings is 1. The largest absolute Gasteiger partial charge is 0.377 e. The quantitative estimate of drug-likeness (QED) is 0.783. The molecular weight excluding hydrogens is 216 g/mol. The lowest BCUT2D eigenvalue weighted by Gasteiger charge is -2.36. The topological polar surface area (TPSA) is 55.6 Å². The zero-order valence-corrected chi connectivity index (χ0v) is 10.3. The highest BCUT2D eigenvalue weighted by molar-refractivity contribution is 5.85. The molecule has 1 aliphatic rings. The molecule has 1 aliphatic heterocycles. The first-order chi connectivity index (χ1) is 6.65. The van der Waals surface area contributed by atoms with Gasteiger partial charge in [-0.2, -0.15) is 0 Å². The van der Waals surface area contributed by atoms with Crippen molar-refractivity contribution in [1.82, 2.24) is 4.90 Å². The van der Waals surface area contributed by atoms with E-state index in [1.807, 2.05) is 4.90 Å². The van der Waals surface area contributed by atoms with Crippen LogP contribution in [-0.2, 0) is 9.53 Å². The fourth-order valence-corrected chi connectivity index (χ4v) is 1.84. The van der Waals surface area contributed by atoms with Crippen LogP contribution in [0.2, 0.25) is 0 Å². The number of hydrogen-bond acceptors (Lipinski definition) is 3. The van der Waals surface area contributed by atoms with Gasteiger partial charge in [-0.3, -0.25) is 4.79 Å². The van der Waals surface area contributed by atoms with Gasteiger partial charge in [-0.15, -0.1) is 12.4 Å². The van der Waals surface area contributed by atoms with Gasteiger partial charge in [0.15, 0.2) is 0 Å². The fourth-order valence-electron chi connectivity index (χ4n) is 1.84. The number of hydrogen-bond donors (Lipinski definition) is 1. The molecule has 90 valence electrons. The third-order valence-corrected chi connectivity index (χ3v) is 2.47. The molecule has 1 rings (SSSR count). The standard InChI is InChI=1S/C10H20N2O2.ClH/c1-8(2)5-9-7-14-4-3-12(9)10(13)6-11;/h8-9H,3-7,11H2,1-2H3;1H. The zero-order valence-electron chi connectivity index (χ0n) is 9.44. The lowest BCUT2D eigenvalue weighted by molar-refractivity contribution is -0.138. The van der Waals surface area contributed by atoms with Crippen molar-refractivity contribution in [3.63, 3.8) is 0 Å². The minimum atomic E-state index is 0. The van der Waals surface area contributed by atoms with E-state index in [0.717, 1.165) is 6.42 Å². The average molecular weight is 237 g/mol. The minimum absolute atomic E-state index is 0. The van der Waals surface area contributed by atoms with Crippen molar-refractivity contribution in [2.75, 3.05) is 26.3 Å². The SMILES string of the molecule is CC(C)CC1COCCN1C(=O)CN.Cl. The van der Waals surface area contributed by atoms with Crippen molar-refractivity contribution in [3.8, 4) is 0 Å². The van der Waals surface area contributed by atoms with E-state index in [-0.39, 0.29) is 30.9 Å². The summed E-state index contributed by atoms with van der Waals surface area (Å²) in [5.74, 6) is 0.619. The van der Waals surface area contributed by atoms with Gasteiger partial charge in [0.2, 0.25) is 5.91 Å². The Morgan fingerprint density at radius 3 is 2.80 bits per heavy atom. The molecule has 1 fully saturated rings. The van der Waals surface area contributed by atoms with Gasteiger partial charge in [0, 0.05) is 6.54 Å². The van der Waals surface area contributed by atoms with E-state index in [9.17, 15) is 4.79 Å². The second-order valence-corrected chi connectivity index (χ2v) is 4.15. The number of carbonyl (C=O) groups is 1. The molecule has 0 aliphatic carbocycles. The highest BCUT2D eigenvalue weighted by Gasteiger charge is 2.26. The molecule has 0 aromatic heterocycles. The van der Waals surface area contributed by atoms with Gasteiger partial charge in [0.1, 0.15) is 0 Å². The molecule has 0 spiro atoms. The summed E-state index contributed by atoms with van der Waals surface area (Å²) in [5.41, 5.74) is 5.36. The van der Waals surface area contributed by atoms with Crippen LogP contribution >= 0.6 is 12.4 Å². The molecule has 2 N–H and O–H groups in total. The summed E-state index contributed by atoms with van der Waals surface area (Å²) in [6, 6.07) is 0.222. The van der Waals surface area contributed by atoms with Crippen LogP contribution in [-0.4, -0.2) is 43.2 Å². The number of rotatable bonds is 3. The van der Waals surface area contributed by atoms with E-state index in [4.69, 9.17) is 10.5 Å². The van der Waals surface area contributed by atoms with Gasteiger partial charge in [-0.05, 0) is 12.3 Å². The van der Waals surface area contributed by atoms with E-state index in [1.54, 1.807) is 0 Å². The van der Waals surface area contributed by atoms with Crippen LogP contribution in [0.1, 0.15) is 20.3 Å². The average Bonchev–Trinajstić information content (AvgIpc) is 2.16. The van der Waals surface area contributed by atoms with Crippen molar-refractivity contribution in [1.29, 1.82) is 0 Å². The molecule has 0 saturated carbocycles. The molecule has 1 atom stereocenters. The van der Waals surface area contributed by atoms with Gasteiger partial charge >= 0.3 is 0 Å². The second kappa shape index (κ2) is 7.04. The molecule has 0 radical (unpaired) electrons. The Labute approximate surface area is 97.5 Å². The molecule has 1 saturated heterocycles. The maximum absolute atomic E-state index is 11.5. The summed E-state index contributed by atoms with van der Waals surface area (Å²) in [6.45, 7) is 6.39. The molecule has 4 nitrogen and oxygen atoms in total. The summed E-state index contributed by atoms with van der Waals surface area (Å²) in [6.07, 6.45) is 0.992. The monoisotopic (exact) mass is 236 g/mol. The lowest BCUT2D eigenvalue weighted by atomic mass is 10.0. The molecule has 1 heterocycles. The fraction of sp³-hybridized carbons (Fsp3) is 0.900. The summed E-state index contributed by atoms with van der Waals surface area (Å²) in [5, 5.41) is 0. The molecular formula is C10H21ClN2O2. The minimum Gasteiger partial charge on any atom is -0.377 e. The normalized spacial score (nSPS) is 21.3. The summed E-state index contributed by atoms with van der Waals surface area (Å²) >= 11 is 0. The van der Waals surface area contributed by atoms with Crippen LogP contribution in [0.5, 0.6) is 0 Å². The van der Waals surface area contributed by atoms with E-state index in [2.05, 4.69) is 13.8 Å². The summed E-state index contributed by atoms with van der Waals surface area (Å²) < 4.78 is 5.37. The molecule has 5 heteroatoms. The Balaban J connectivity index is 0.00000196. The number of nitrogens with zero attached hydrogens (tertiary/aromatic N) is 1. The maximum Gasteiger partial charge on any atom is 0.236 e. The molecule has 0 aromatic carbocycles. The van der Waals surface area contributed by atoms with Crippen LogP contribution in [0.4, 0.5) is 0 Å². The van der Waals surface area contributed by atoms with Crippen molar-refractivity contribution in [2.45, 2.75) is 26.3 Å². The molecule has 0 aromatic rings. The van der Waals surface area contributed by atoms with E-state index in [1.165, 1.54) is 0 Å². The summed E-state index contributed by atoms with van der Waals surface area (Å²) in [4.78, 5) is 13.4. The first-order valence-corrected chi connectivity index (χ1v) is 5.22. The van der Waals surface area contributed by atoms with Crippen molar-refractivity contribution >= 4 is 18.3 Å². The number of amides is 1.